The number of aryl methyl sites for hydroxylation is 2. The Bertz CT molecular complexity index is 1180. The van der Waals surface area contributed by atoms with E-state index in [-0.39, 0.29) is 5.91 Å². The first kappa shape index (κ1) is 20.4. The molecule has 0 saturated heterocycles. The maximum absolute atomic E-state index is 12.3. The SMILES string of the molecule is Cc1ccc(Nc2cc(C)nc(NCCNC(=O)Cn3ccc4ccccc43)n2)cc1. The molecule has 0 aliphatic heterocycles. The number of fused-ring (bicyclic) bond motifs is 1. The molecule has 0 radical (unpaired) electrons. The zero-order valence-corrected chi connectivity index (χ0v) is 17.7. The smallest absolute Gasteiger partial charge is 0.240 e. The molecule has 2 aromatic heterocycles. The van der Waals surface area contributed by atoms with Crippen molar-refractivity contribution in [3.05, 3.63) is 78.1 Å². The van der Waals surface area contributed by atoms with Crippen LogP contribution < -0.4 is 16.0 Å². The van der Waals surface area contributed by atoms with Gasteiger partial charge in [-0.3, -0.25) is 4.79 Å². The van der Waals surface area contributed by atoms with Gasteiger partial charge in [0.1, 0.15) is 12.4 Å². The van der Waals surface area contributed by atoms with E-state index in [0.29, 0.717) is 25.6 Å². The van der Waals surface area contributed by atoms with Crippen LogP contribution in [0.1, 0.15) is 11.3 Å². The van der Waals surface area contributed by atoms with E-state index in [4.69, 9.17) is 0 Å². The third-order valence-corrected chi connectivity index (χ3v) is 4.90. The number of nitrogens with one attached hydrogen (secondary N) is 3. The van der Waals surface area contributed by atoms with Crippen molar-refractivity contribution in [3.8, 4) is 0 Å². The van der Waals surface area contributed by atoms with Crippen LogP contribution >= 0.6 is 0 Å². The Morgan fingerprint density at radius 3 is 2.61 bits per heavy atom. The minimum Gasteiger partial charge on any atom is -0.353 e. The quantitative estimate of drug-likeness (QED) is 0.379. The molecule has 0 saturated carbocycles. The molecule has 0 unspecified atom stereocenters. The summed E-state index contributed by atoms with van der Waals surface area (Å²) >= 11 is 0. The monoisotopic (exact) mass is 414 g/mol. The predicted molar refractivity (Wildman–Crippen MR) is 125 cm³/mol. The molecule has 0 spiro atoms. The largest absolute Gasteiger partial charge is 0.353 e. The molecule has 7 nitrogen and oxygen atoms in total. The zero-order valence-electron chi connectivity index (χ0n) is 17.7. The molecule has 4 rings (SSSR count). The lowest BCUT2D eigenvalue weighted by molar-refractivity contribution is -0.121. The van der Waals surface area contributed by atoms with Gasteiger partial charge in [-0.15, -0.1) is 0 Å². The van der Waals surface area contributed by atoms with Crippen LogP contribution in [0.4, 0.5) is 17.5 Å². The molecule has 0 aliphatic carbocycles. The Balaban J connectivity index is 1.27. The van der Waals surface area contributed by atoms with Crippen molar-refractivity contribution in [1.29, 1.82) is 0 Å². The first-order valence-electron chi connectivity index (χ1n) is 10.3. The fraction of sp³-hybridized carbons (Fsp3) is 0.208. The van der Waals surface area contributed by atoms with Crippen LogP contribution in [0.2, 0.25) is 0 Å². The zero-order chi connectivity index (χ0) is 21.6. The van der Waals surface area contributed by atoms with Crippen LogP contribution in [0.3, 0.4) is 0 Å². The third-order valence-electron chi connectivity index (χ3n) is 4.90. The first-order chi connectivity index (χ1) is 15.1. The van der Waals surface area contributed by atoms with Crippen LogP contribution in [-0.4, -0.2) is 33.5 Å². The van der Waals surface area contributed by atoms with Crippen molar-refractivity contribution in [1.82, 2.24) is 19.9 Å². The minimum absolute atomic E-state index is 0.0324. The van der Waals surface area contributed by atoms with Crippen LogP contribution in [-0.2, 0) is 11.3 Å². The van der Waals surface area contributed by atoms with Crippen molar-refractivity contribution in [2.75, 3.05) is 23.7 Å². The Labute approximate surface area is 181 Å². The summed E-state index contributed by atoms with van der Waals surface area (Å²) in [4.78, 5) is 21.2. The molecule has 2 aromatic carbocycles. The van der Waals surface area contributed by atoms with Gasteiger partial charge >= 0.3 is 0 Å². The predicted octanol–water partition coefficient (Wildman–Crippen LogP) is 4.02. The number of amides is 1. The van der Waals surface area contributed by atoms with Crippen LogP contribution in [0.15, 0.2) is 66.9 Å². The van der Waals surface area contributed by atoms with Gasteiger partial charge in [0.2, 0.25) is 11.9 Å². The van der Waals surface area contributed by atoms with Crippen molar-refractivity contribution >= 4 is 34.3 Å². The molecule has 0 fully saturated rings. The van der Waals surface area contributed by atoms with Gasteiger partial charge in [0.15, 0.2) is 0 Å². The van der Waals surface area contributed by atoms with E-state index < -0.39 is 0 Å². The highest BCUT2D eigenvalue weighted by Crippen LogP contribution is 2.17. The molecule has 1 amide bonds. The van der Waals surface area contributed by atoms with E-state index >= 15 is 0 Å². The number of nitrogens with zero attached hydrogens (tertiary/aromatic N) is 3. The molecule has 7 heteroatoms. The van der Waals surface area contributed by atoms with E-state index in [1.54, 1.807) is 0 Å². The number of benzene rings is 2. The van der Waals surface area contributed by atoms with Crippen molar-refractivity contribution in [3.63, 3.8) is 0 Å². The average Bonchev–Trinajstić information content (AvgIpc) is 3.15. The minimum atomic E-state index is -0.0324. The number of para-hydroxylation sites is 1. The average molecular weight is 415 g/mol. The van der Waals surface area contributed by atoms with Crippen LogP contribution in [0.25, 0.3) is 10.9 Å². The summed E-state index contributed by atoms with van der Waals surface area (Å²) in [5, 5.41) is 10.5. The fourth-order valence-electron chi connectivity index (χ4n) is 3.36. The van der Waals surface area contributed by atoms with E-state index in [1.807, 2.05) is 66.2 Å². The van der Waals surface area contributed by atoms with Gasteiger partial charge in [0.25, 0.3) is 0 Å². The van der Waals surface area contributed by atoms with Gasteiger partial charge in [-0.2, -0.15) is 4.98 Å². The summed E-state index contributed by atoms with van der Waals surface area (Å²) in [6.45, 7) is 5.29. The highest BCUT2D eigenvalue weighted by molar-refractivity contribution is 5.83. The van der Waals surface area contributed by atoms with E-state index in [1.165, 1.54) is 5.56 Å². The molecule has 0 atom stereocenters. The van der Waals surface area contributed by atoms with E-state index in [0.717, 1.165) is 28.1 Å². The maximum Gasteiger partial charge on any atom is 0.240 e. The first-order valence-corrected chi connectivity index (χ1v) is 10.3. The van der Waals surface area contributed by atoms with Gasteiger partial charge < -0.3 is 20.5 Å². The number of aromatic nitrogens is 3. The highest BCUT2D eigenvalue weighted by Gasteiger charge is 2.06. The van der Waals surface area contributed by atoms with Gasteiger partial charge in [-0.05, 0) is 43.5 Å². The normalized spacial score (nSPS) is 10.8. The lowest BCUT2D eigenvalue weighted by Crippen LogP contribution is -2.31. The van der Waals surface area contributed by atoms with Crippen LogP contribution in [0, 0.1) is 13.8 Å². The van der Waals surface area contributed by atoms with Gasteiger partial charge in [-0.25, -0.2) is 4.98 Å². The summed E-state index contributed by atoms with van der Waals surface area (Å²) in [5.41, 5.74) is 4.09. The molecular formula is C24H26N6O. The number of hydrogen-bond acceptors (Lipinski definition) is 5. The molecule has 3 N–H and O–H groups in total. The number of hydrogen-bond donors (Lipinski definition) is 3. The molecule has 31 heavy (non-hydrogen) atoms. The lowest BCUT2D eigenvalue weighted by Gasteiger charge is -2.11. The number of carbonyl (C=O) groups excluding carboxylic acids is 1. The molecule has 2 heterocycles. The molecular weight excluding hydrogens is 388 g/mol. The Kier molecular flexibility index (Phi) is 6.12. The van der Waals surface area contributed by atoms with E-state index in [9.17, 15) is 4.79 Å². The Morgan fingerprint density at radius 1 is 0.968 bits per heavy atom. The summed E-state index contributed by atoms with van der Waals surface area (Å²) in [6.07, 6.45) is 1.94. The Hall–Kier alpha value is -3.87. The second-order valence-electron chi connectivity index (χ2n) is 7.49. The molecule has 158 valence electrons. The van der Waals surface area contributed by atoms with Crippen molar-refractivity contribution < 1.29 is 4.79 Å². The topological polar surface area (TPSA) is 83.9 Å². The number of anilines is 3. The maximum atomic E-state index is 12.3. The molecule has 0 bridgehead atoms. The van der Waals surface area contributed by atoms with Crippen LogP contribution in [0.5, 0.6) is 0 Å². The highest BCUT2D eigenvalue weighted by atomic mass is 16.1. The molecule has 0 aliphatic rings. The standard InChI is InChI=1S/C24H26N6O/c1-17-7-9-20(10-8-17)28-22-15-18(2)27-24(29-22)26-13-12-25-23(31)16-30-14-11-19-5-3-4-6-21(19)30/h3-11,14-15H,12-13,16H2,1-2H3,(H,25,31)(H2,26,27,28,29). The summed E-state index contributed by atoms with van der Waals surface area (Å²) in [7, 11) is 0. The lowest BCUT2D eigenvalue weighted by atomic mass is 10.2. The second kappa shape index (κ2) is 9.30. The number of carbonyl (C=O) groups is 1. The third kappa shape index (κ3) is 5.39. The van der Waals surface area contributed by atoms with Crippen molar-refractivity contribution in [2.24, 2.45) is 0 Å². The molecule has 4 aromatic rings. The summed E-state index contributed by atoms with van der Waals surface area (Å²) in [5.74, 6) is 1.22. The van der Waals surface area contributed by atoms with Gasteiger partial charge in [-0.1, -0.05) is 35.9 Å². The van der Waals surface area contributed by atoms with Gasteiger partial charge in [0.05, 0.1) is 0 Å². The summed E-state index contributed by atoms with van der Waals surface area (Å²) < 4.78 is 1.95. The second-order valence-corrected chi connectivity index (χ2v) is 7.49. The fourth-order valence-corrected chi connectivity index (χ4v) is 3.36. The Morgan fingerprint density at radius 2 is 1.77 bits per heavy atom. The van der Waals surface area contributed by atoms with E-state index in [2.05, 4.69) is 45.0 Å². The van der Waals surface area contributed by atoms with Crippen molar-refractivity contribution in [2.45, 2.75) is 20.4 Å². The summed E-state index contributed by atoms with van der Waals surface area (Å²) in [6, 6.07) is 20.1. The van der Waals surface area contributed by atoms with Gasteiger partial charge in [0, 0.05) is 42.3 Å². The number of rotatable bonds is 8.